The maximum atomic E-state index is 13.1. The Morgan fingerprint density at radius 2 is 1.82 bits per heavy atom. The van der Waals surface area contributed by atoms with Crippen LogP contribution in [0.1, 0.15) is 52.5 Å². The average molecular weight is 480 g/mol. The van der Waals surface area contributed by atoms with Crippen LogP contribution in [-0.4, -0.2) is 56.7 Å². The minimum Gasteiger partial charge on any atom is -0.418 e. The Balaban J connectivity index is 0.00000385. The van der Waals surface area contributed by atoms with Crippen LogP contribution in [0.3, 0.4) is 0 Å². The van der Waals surface area contributed by atoms with Crippen molar-refractivity contribution in [1.29, 1.82) is 0 Å². The zero-order valence-corrected chi connectivity index (χ0v) is 20.3. The second kappa shape index (κ2) is 11.6. The number of aromatic nitrogens is 2. The quantitative estimate of drug-likeness (QED) is 0.528. The molecule has 0 radical (unpaired) electrons. The van der Waals surface area contributed by atoms with Crippen LogP contribution in [0.25, 0.3) is 11.5 Å². The lowest BCUT2D eigenvalue weighted by Gasteiger charge is -2.31. The molecule has 1 aliphatic heterocycles. The third-order valence-electron chi connectivity index (χ3n) is 5.92. The van der Waals surface area contributed by atoms with Crippen molar-refractivity contribution in [3.63, 3.8) is 0 Å². The second-order valence-corrected chi connectivity index (χ2v) is 8.99. The van der Waals surface area contributed by atoms with Crippen LogP contribution in [0, 0.1) is 11.8 Å². The van der Waals surface area contributed by atoms with Crippen molar-refractivity contribution >= 4 is 24.2 Å². The Hall–Kier alpha value is -2.49. The highest BCUT2D eigenvalue weighted by atomic mass is 35.5. The number of aliphatic hydroxyl groups is 1. The van der Waals surface area contributed by atoms with Crippen molar-refractivity contribution in [2.45, 2.75) is 64.8 Å². The van der Waals surface area contributed by atoms with Crippen molar-refractivity contribution < 1.29 is 19.1 Å². The first-order chi connectivity index (χ1) is 15.2. The predicted octanol–water partition coefficient (Wildman–Crippen LogP) is 2.31. The molecular formula is C23H34ClN5O4. The maximum Gasteiger partial charge on any atom is 0.247 e. The van der Waals surface area contributed by atoms with Gasteiger partial charge in [-0.1, -0.05) is 45.9 Å². The smallest absolute Gasteiger partial charge is 0.247 e. The summed E-state index contributed by atoms with van der Waals surface area (Å²) < 4.78 is 5.68. The number of nitrogens with one attached hydrogen (secondary N) is 1. The highest BCUT2D eigenvalue weighted by Crippen LogP contribution is 2.26. The molecule has 0 spiro atoms. The summed E-state index contributed by atoms with van der Waals surface area (Å²) in [6, 6.07) is 7.33. The summed E-state index contributed by atoms with van der Waals surface area (Å²) in [6.07, 6.45) is 0.0997. The second-order valence-electron chi connectivity index (χ2n) is 8.99. The van der Waals surface area contributed by atoms with Crippen LogP contribution >= 0.6 is 12.4 Å². The van der Waals surface area contributed by atoms with Crippen molar-refractivity contribution in [3.8, 4) is 11.5 Å². The van der Waals surface area contributed by atoms with Gasteiger partial charge >= 0.3 is 0 Å². The lowest BCUT2D eigenvalue weighted by Crippen LogP contribution is -2.55. The van der Waals surface area contributed by atoms with Gasteiger partial charge in [-0.3, -0.25) is 9.59 Å². The molecule has 4 N–H and O–H groups in total. The highest BCUT2D eigenvalue weighted by Gasteiger charge is 2.39. The van der Waals surface area contributed by atoms with E-state index >= 15 is 0 Å². The van der Waals surface area contributed by atoms with E-state index in [1.807, 2.05) is 58.0 Å². The van der Waals surface area contributed by atoms with E-state index in [0.717, 1.165) is 12.0 Å². The fourth-order valence-electron chi connectivity index (χ4n) is 3.86. The normalized spacial score (nSPS) is 18.7. The molecule has 2 heterocycles. The van der Waals surface area contributed by atoms with Crippen molar-refractivity contribution in [1.82, 2.24) is 20.4 Å². The van der Waals surface area contributed by atoms with Gasteiger partial charge in [-0.2, -0.15) is 0 Å². The number of rotatable bonds is 8. The monoisotopic (exact) mass is 479 g/mol. The molecule has 2 amide bonds. The number of aliphatic hydroxyl groups excluding tert-OH is 1. The van der Waals surface area contributed by atoms with Gasteiger partial charge in [-0.05, 0) is 36.8 Å². The van der Waals surface area contributed by atoms with Gasteiger partial charge in [0, 0.05) is 12.1 Å². The lowest BCUT2D eigenvalue weighted by molar-refractivity contribution is -0.140. The zero-order chi connectivity index (χ0) is 23.4. The van der Waals surface area contributed by atoms with Crippen LogP contribution in [0.15, 0.2) is 34.7 Å². The number of hydrogen-bond acceptors (Lipinski definition) is 7. The number of likely N-dealkylation sites (tertiary alicyclic amines) is 1. The van der Waals surface area contributed by atoms with Gasteiger partial charge in [0.25, 0.3) is 0 Å². The van der Waals surface area contributed by atoms with Crippen molar-refractivity contribution in [3.05, 3.63) is 36.2 Å². The third-order valence-corrected chi connectivity index (χ3v) is 5.92. The summed E-state index contributed by atoms with van der Waals surface area (Å²) in [6.45, 7) is 8.03. The molecular weight excluding hydrogens is 446 g/mol. The van der Waals surface area contributed by atoms with E-state index in [1.165, 1.54) is 0 Å². The van der Waals surface area contributed by atoms with Crippen LogP contribution < -0.4 is 11.1 Å². The Labute approximate surface area is 200 Å². The first-order valence-electron chi connectivity index (χ1n) is 11.1. The van der Waals surface area contributed by atoms with Gasteiger partial charge in [0.1, 0.15) is 6.04 Å². The van der Waals surface area contributed by atoms with E-state index < -0.39 is 24.2 Å². The summed E-state index contributed by atoms with van der Waals surface area (Å²) in [5, 5.41) is 21.8. The summed E-state index contributed by atoms with van der Waals surface area (Å²) >= 11 is 0. The molecule has 182 valence electrons. The number of nitrogens with zero attached hydrogens (tertiary/aromatic N) is 3. The molecule has 1 aliphatic rings. The number of carbonyl (C=O) groups is 2. The molecule has 4 atom stereocenters. The Morgan fingerprint density at radius 3 is 2.42 bits per heavy atom. The number of carbonyl (C=O) groups excluding carboxylic acids is 2. The summed E-state index contributed by atoms with van der Waals surface area (Å²) in [7, 11) is 0. The van der Waals surface area contributed by atoms with Gasteiger partial charge in [0.05, 0.1) is 12.1 Å². The molecule has 1 fully saturated rings. The summed E-state index contributed by atoms with van der Waals surface area (Å²) in [5.74, 6) is -0.346. The predicted molar refractivity (Wildman–Crippen MR) is 126 cm³/mol. The van der Waals surface area contributed by atoms with Gasteiger partial charge in [0.15, 0.2) is 6.10 Å². The highest BCUT2D eigenvalue weighted by molar-refractivity contribution is 5.90. The molecule has 9 nitrogen and oxygen atoms in total. The number of halogens is 1. The molecule has 2 aromatic rings. The van der Waals surface area contributed by atoms with Crippen LogP contribution in [0.4, 0.5) is 0 Å². The van der Waals surface area contributed by atoms with Gasteiger partial charge in [0.2, 0.25) is 23.6 Å². The largest absolute Gasteiger partial charge is 0.418 e. The first kappa shape index (κ1) is 26.8. The van der Waals surface area contributed by atoms with E-state index in [2.05, 4.69) is 15.5 Å². The molecule has 1 aromatic heterocycles. The van der Waals surface area contributed by atoms with Crippen LogP contribution in [0.2, 0.25) is 0 Å². The van der Waals surface area contributed by atoms with E-state index in [4.69, 9.17) is 10.2 Å². The minimum absolute atomic E-state index is 0. The molecule has 1 saturated heterocycles. The first-order valence-corrected chi connectivity index (χ1v) is 11.1. The van der Waals surface area contributed by atoms with E-state index in [0.29, 0.717) is 18.9 Å². The Bertz CT molecular complexity index is 921. The lowest BCUT2D eigenvalue weighted by atomic mass is 9.97. The molecule has 2 unspecified atom stereocenters. The molecule has 1 aromatic carbocycles. The van der Waals surface area contributed by atoms with E-state index in [-0.39, 0.29) is 41.9 Å². The maximum absolute atomic E-state index is 13.1. The summed E-state index contributed by atoms with van der Waals surface area (Å²) in [5.41, 5.74) is 6.78. The summed E-state index contributed by atoms with van der Waals surface area (Å²) in [4.78, 5) is 27.4. The number of hydrogen-bond donors (Lipinski definition) is 3. The molecule has 0 saturated carbocycles. The topological polar surface area (TPSA) is 135 Å². The number of benzene rings is 1. The molecule has 33 heavy (non-hydrogen) atoms. The van der Waals surface area contributed by atoms with Crippen molar-refractivity contribution in [2.75, 3.05) is 6.54 Å². The van der Waals surface area contributed by atoms with Gasteiger partial charge < -0.3 is 25.5 Å². The van der Waals surface area contributed by atoms with Gasteiger partial charge in [-0.15, -0.1) is 22.6 Å². The fraction of sp³-hybridized carbons (Fsp3) is 0.565. The Morgan fingerprint density at radius 1 is 1.15 bits per heavy atom. The SMILES string of the molecule is CC(C)C(NC(=O)[C@H]1CCCN1C(=O)[C@@H](N)C(C)C)C(O)c1nnc(-c2ccccc2)o1.Cl. The molecule has 0 bridgehead atoms. The number of amides is 2. The molecule has 3 rings (SSSR count). The van der Waals surface area contributed by atoms with Crippen LogP contribution in [-0.2, 0) is 9.59 Å². The minimum atomic E-state index is -1.19. The van der Waals surface area contributed by atoms with Crippen LogP contribution in [0.5, 0.6) is 0 Å². The molecule has 0 aliphatic carbocycles. The fourth-order valence-corrected chi connectivity index (χ4v) is 3.86. The van der Waals surface area contributed by atoms with Gasteiger partial charge in [-0.25, -0.2) is 0 Å². The van der Waals surface area contributed by atoms with Crippen molar-refractivity contribution in [2.24, 2.45) is 17.6 Å². The van der Waals surface area contributed by atoms with E-state index in [9.17, 15) is 14.7 Å². The van der Waals surface area contributed by atoms with E-state index in [1.54, 1.807) is 4.90 Å². The zero-order valence-electron chi connectivity index (χ0n) is 19.5. The third kappa shape index (κ3) is 6.10. The number of nitrogens with two attached hydrogens (primary N) is 1. The molecule has 10 heteroatoms. The Kier molecular flexibility index (Phi) is 9.39. The average Bonchev–Trinajstić information content (AvgIpc) is 3.46. The standard InChI is InChI=1S/C23H33N5O4.ClH/c1-13(2)17(24)23(31)28-12-8-11-16(28)20(30)25-18(14(3)4)19(29)22-27-26-21(32-22)15-9-6-5-7-10-15;/h5-7,9-10,13-14,16-19,29H,8,11-12,24H2,1-4H3,(H,25,30);1H/t16-,17+,18?,19?;/m1./s1.